The van der Waals surface area contributed by atoms with Crippen molar-refractivity contribution in [3.63, 3.8) is 0 Å². The number of amides is 1. The van der Waals surface area contributed by atoms with E-state index < -0.39 is 17.5 Å². The van der Waals surface area contributed by atoms with Crippen LogP contribution in [0, 0.1) is 18.3 Å². The molecule has 1 atom stereocenters. The highest BCUT2D eigenvalue weighted by Crippen LogP contribution is 2.50. The van der Waals surface area contributed by atoms with Crippen LogP contribution < -0.4 is 15.0 Å². The molecule has 0 bridgehead atoms. The number of aliphatic carboxylic acids is 1. The third-order valence-corrected chi connectivity index (χ3v) is 13.2. The Labute approximate surface area is 349 Å². The van der Waals surface area contributed by atoms with Crippen molar-refractivity contribution in [1.82, 2.24) is 14.9 Å². The van der Waals surface area contributed by atoms with Crippen LogP contribution in [0.4, 0.5) is 10.9 Å². The number of likely N-dealkylation sites (tertiary alicyclic amines) is 1. The Kier molecular flexibility index (Phi) is 11.5. The van der Waals surface area contributed by atoms with E-state index in [0.29, 0.717) is 59.5 Å². The fourth-order valence-electron chi connectivity index (χ4n) is 9.21. The summed E-state index contributed by atoms with van der Waals surface area (Å²) in [5.74, 6) is 0.540. The first kappa shape index (κ1) is 40.4. The Bertz CT molecular complexity index is 2350. The van der Waals surface area contributed by atoms with Crippen LogP contribution in [-0.2, 0) is 22.5 Å². The average molecular weight is 816 g/mol. The van der Waals surface area contributed by atoms with Crippen LogP contribution >= 0.6 is 11.3 Å². The number of fused-ring (bicyclic) bond motifs is 2. The van der Waals surface area contributed by atoms with E-state index in [2.05, 4.69) is 26.2 Å². The second kappa shape index (κ2) is 16.7. The third-order valence-electron chi connectivity index (χ3n) is 12.3. The van der Waals surface area contributed by atoms with Crippen molar-refractivity contribution in [2.75, 3.05) is 43.0 Å². The minimum Gasteiger partial charge on any atom is -0.493 e. The Morgan fingerprint density at radius 2 is 1.73 bits per heavy atom. The quantitative estimate of drug-likeness (QED) is 0.124. The average Bonchev–Trinajstić information content (AvgIpc) is 3.81. The van der Waals surface area contributed by atoms with Crippen LogP contribution in [-0.4, -0.2) is 76.2 Å². The summed E-state index contributed by atoms with van der Waals surface area (Å²) in [5, 5.41) is 12.8. The summed E-state index contributed by atoms with van der Waals surface area (Å²) in [6.45, 7) is 11.2. The molecule has 3 aliphatic rings. The summed E-state index contributed by atoms with van der Waals surface area (Å²) < 4.78 is 13.4. The van der Waals surface area contributed by atoms with Gasteiger partial charge in [-0.2, -0.15) is 0 Å². The van der Waals surface area contributed by atoms with Gasteiger partial charge in [-0.3, -0.25) is 19.8 Å². The number of carboxylic acids is 1. The smallest absolute Gasteiger partial charge is 0.358 e. The molecular formula is C47H53N5O6S. The van der Waals surface area contributed by atoms with Gasteiger partial charge in [-0.1, -0.05) is 47.7 Å². The molecule has 1 saturated carbocycles. The molecule has 59 heavy (non-hydrogen) atoms. The molecule has 1 spiro atoms. The molecule has 1 amide bonds. The highest BCUT2D eigenvalue weighted by molar-refractivity contribution is 7.22. The predicted molar refractivity (Wildman–Crippen MR) is 232 cm³/mol. The van der Waals surface area contributed by atoms with Crippen molar-refractivity contribution < 1.29 is 29.0 Å². The molecule has 5 aromatic rings. The molecule has 2 aliphatic heterocycles. The lowest BCUT2D eigenvalue weighted by Gasteiger charge is -2.39. The van der Waals surface area contributed by atoms with E-state index in [1.54, 1.807) is 0 Å². The second-order valence-electron chi connectivity index (χ2n) is 17.5. The molecule has 2 aromatic heterocycles. The lowest BCUT2D eigenvalue weighted by molar-refractivity contribution is -0.138. The van der Waals surface area contributed by atoms with Gasteiger partial charge in [-0.15, -0.1) is 0 Å². The molecule has 1 saturated heterocycles. The number of ether oxygens (including phenoxy) is 2. The predicted octanol–water partition coefficient (Wildman–Crippen LogP) is 9.17. The molecule has 4 heterocycles. The SMILES string of the molecule is Cc1c(OCC[C@H]2CCC3(CCN(CC(=O)O)CC3)C2)cccc1-c1ccc(N2CCc3cccc(C(=O)Nc4nc5ccccc5s4)c3C2)nc1C(=O)OC(C)(C)C. The first-order valence-corrected chi connectivity index (χ1v) is 21.6. The van der Waals surface area contributed by atoms with E-state index in [0.717, 1.165) is 70.6 Å². The van der Waals surface area contributed by atoms with Crippen LogP contribution in [0.1, 0.15) is 96.8 Å². The Morgan fingerprint density at radius 1 is 0.932 bits per heavy atom. The van der Waals surface area contributed by atoms with Gasteiger partial charge in [0.2, 0.25) is 0 Å². The minimum absolute atomic E-state index is 0.133. The normalized spacial score (nSPS) is 17.8. The van der Waals surface area contributed by atoms with Crippen LogP contribution in [0.3, 0.4) is 0 Å². The minimum atomic E-state index is -0.750. The Balaban J connectivity index is 0.984. The molecular weight excluding hydrogens is 763 g/mol. The largest absolute Gasteiger partial charge is 0.493 e. The van der Waals surface area contributed by atoms with E-state index in [9.17, 15) is 19.5 Å². The van der Waals surface area contributed by atoms with Gasteiger partial charge in [0.05, 0.1) is 23.4 Å². The standard InChI is InChI=1S/C47H53N5O6S/c1-30-33(10-8-13-38(30)57-26-19-31-17-20-47(27-31)21-24-51(25-22-47)29-41(53)54)34-15-16-40(49-42(34)44(56)58-46(2,3)4)52-23-18-32-9-7-11-35(36(32)28-52)43(55)50-45-48-37-12-5-6-14-39(37)59-45/h5-16,31H,17-29H2,1-4H3,(H,53,54)(H,48,50,55)/t31-/m1/s1. The number of para-hydroxylation sites is 1. The molecule has 1 aliphatic carbocycles. The van der Waals surface area contributed by atoms with E-state index in [1.807, 2.05) is 94.4 Å². The molecule has 8 rings (SSSR count). The fourth-order valence-corrected chi connectivity index (χ4v) is 10.1. The number of benzene rings is 3. The fraction of sp³-hybridized carbons (Fsp3) is 0.426. The summed E-state index contributed by atoms with van der Waals surface area (Å²) in [4.78, 5) is 52.7. The topological polar surface area (TPSA) is 134 Å². The van der Waals surface area contributed by atoms with Crippen molar-refractivity contribution in [1.29, 1.82) is 0 Å². The summed E-state index contributed by atoms with van der Waals surface area (Å²) in [6, 6.07) is 23.5. The van der Waals surface area contributed by atoms with Gasteiger partial charge in [0.25, 0.3) is 5.91 Å². The van der Waals surface area contributed by atoms with Crippen molar-refractivity contribution in [2.24, 2.45) is 11.3 Å². The van der Waals surface area contributed by atoms with Crippen molar-refractivity contribution in [3.8, 4) is 16.9 Å². The van der Waals surface area contributed by atoms with E-state index in [-0.39, 0.29) is 18.1 Å². The molecule has 12 heteroatoms. The first-order chi connectivity index (χ1) is 28.3. The van der Waals surface area contributed by atoms with Crippen molar-refractivity contribution in [2.45, 2.75) is 84.8 Å². The molecule has 0 unspecified atom stereocenters. The third kappa shape index (κ3) is 9.13. The summed E-state index contributed by atoms with van der Waals surface area (Å²) >= 11 is 1.45. The number of anilines is 2. The zero-order valence-corrected chi connectivity index (χ0v) is 35.2. The van der Waals surface area contributed by atoms with Gasteiger partial charge in [0.1, 0.15) is 17.2 Å². The maximum Gasteiger partial charge on any atom is 0.358 e. The summed E-state index contributed by atoms with van der Waals surface area (Å²) in [7, 11) is 0. The number of piperidine rings is 1. The number of nitrogens with zero attached hydrogens (tertiary/aromatic N) is 4. The molecule has 308 valence electrons. The summed E-state index contributed by atoms with van der Waals surface area (Å²) in [5.41, 5.74) is 5.77. The van der Waals surface area contributed by atoms with Crippen molar-refractivity contribution in [3.05, 3.63) is 101 Å². The summed E-state index contributed by atoms with van der Waals surface area (Å²) in [6.07, 6.45) is 7.38. The molecule has 2 N–H and O–H groups in total. The van der Waals surface area contributed by atoms with Crippen LogP contribution in [0.25, 0.3) is 21.3 Å². The highest BCUT2D eigenvalue weighted by Gasteiger charge is 2.41. The number of carbonyl (C=O) groups is 3. The van der Waals surface area contributed by atoms with Gasteiger partial charge in [-0.25, -0.2) is 14.8 Å². The Hall–Kier alpha value is -5.33. The van der Waals surface area contributed by atoms with Gasteiger partial charge < -0.3 is 19.5 Å². The number of carboxylic acid groups (broad SMARTS) is 1. The number of thiazole rings is 1. The van der Waals surface area contributed by atoms with Crippen LogP contribution in [0.5, 0.6) is 5.75 Å². The van der Waals surface area contributed by atoms with E-state index in [4.69, 9.17) is 14.5 Å². The van der Waals surface area contributed by atoms with Gasteiger partial charge in [-0.05, 0) is 156 Å². The number of hydrogen-bond donors (Lipinski definition) is 2. The number of nitrogens with one attached hydrogen (secondary N) is 1. The number of pyridine rings is 1. The van der Waals surface area contributed by atoms with Gasteiger partial charge >= 0.3 is 11.9 Å². The lowest BCUT2D eigenvalue weighted by Crippen LogP contribution is -2.41. The van der Waals surface area contributed by atoms with Gasteiger partial charge in [0, 0.05) is 24.2 Å². The Morgan fingerprint density at radius 3 is 2.51 bits per heavy atom. The molecule has 2 fully saturated rings. The van der Waals surface area contributed by atoms with Gasteiger partial charge in [0.15, 0.2) is 10.8 Å². The second-order valence-corrected chi connectivity index (χ2v) is 18.5. The monoisotopic (exact) mass is 815 g/mol. The van der Waals surface area contributed by atoms with Crippen LogP contribution in [0.2, 0.25) is 0 Å². The van der Waals surface area contributed by atoms with E-state index >= 15 is 0 Å². The number of hydrogen-bond acceptors (Lipinski definition) is 10. The van der Waals surface area contributed by atoms with E-state index in [1.165, 1.54) is 30.6 Å². The highest BCUT2D eigenvalue weighted by atomic mass is 32.1. The lowest BCUT2D eigenvalue weighted by atomic mass is 9.76. The molecule has 3 aromatic carbocycles. The molecule has 11 nitrogen and oxygen atoms in total. The number of aromatic nitrogens is 2. The molecule has 0 radical (unpaired) electrons. The maximum atomic E-state index is 14.0. The first-order valence-electron chi connectivity index (χ1n) is 20.8. The van der Waals surface area contributed by atoms with Crippen LogP contribution in [0.15, 0.2) is 72.8 Å². The number of rotatable bonds is 11. The zero-order valence-electron chi connectivity index (χ0n) is 34.4. The number of carbonyl (C=O) groups excluding carboxylic acids is 2. The zero-order chi connectivity index (χ0) is 41.3. The van der Waals surface area contributed by atoms with Crippen molar-refractivity contribution >= 4 is 50.3 Å². The maximum absolute atomic E-state index is 14.0. The number of esters is 1.